The van der Waals surface area contributed by atoms with Gasteiger partial charge in [0.2, 0.25) is 0 Å². The monoisotopic (exact) mass is 388 g/mol. The van der Waals surface area contributed by atoms with E-state index < -0.39 is 7.26 Å². The maximum Gasteiger partial charge on any atom is -0.147 e. The summed E-state index contributed by atoms with van der Waals surface area (Å²) in [5.74, 6) is 2.38. The molecule has 0 radical (unpaired) electrons. The summed E-state index contributed by atoms with van der Waals surface area (Å²) in [6.45, 7) is 3.88. The van der Waals surface area contributed by atoms with E-state index in [0.29, 0.717) is 0 Å². The smallest absolute Gasteiger partial charge is 0.147 e. The quantitative estimate of drug-likeness (QED) is 0.413. The molecule has 0 saturated carbocycles. The summed E-state index contributed by atoms with van der Waals surface area (Å²) in [7, 11) is -2.20. The summed E-state index contributed by atoms with van der Waals surface area (Å²) in [6.07, 6.45) is 3.97. The zero-order valence-corrected chi connectivity index (χ0v) is 16.5. The van der Waals surface area contributed by atoms with Gasteiger partial charge in [-0.1, -0.05) is 0 Å². The predicted molar refractivity (Wildman–Crippen MR) is 120 cm³/mol. The molecule has 0 aliphatic rings. The first kappa shape index (κ1) is 21.2. The molecule has 0 heterocycles. The largest absolute Gasteiger partial charge is 0.147 e. The van der Waals surface area contributed by atoms with Crippen molar-refractivity contribution in [3.8, 4) is 0 Å². The second-order valence-corrected chi connectivity index (χ2v) is 9.18. The van der Waals surface area contributed by atoms with Crippen molar-refractivity contribution >= 4 is 48.0 Å². The molecule has 0 amide bonds. The first-order valence-electron chi connectivity index (χ1n) is 7.85. The van der Waals surface area contributed by atoms with Crippen molar-refractivity contribution in [1.29, 1.82) is 0 Å². The van der Waals surface area contributed by atoms with Crippen LogP contribution in [-0.2, 0) is 0 Å². The van der Waals surface area contributed by atoms with Crippen LogP contribution in [0.3, 0.4) is 0 Å². The van der Waals surface area contributed by atoms with Crippen molar-refractivity contribution < 1.29 is 0 Å². The molecule has 0 nitrogen and oxygen atoms in total. The van der Waals surface area contributed by atoms with Crippen LogP contribution in [0.4, 0.5) is 0 Å². The number of benzene rings is 3. The topological polar surface area (TPSA) is 0 Å². The molecule has 0 N–H and O–H groups in total. The SMILES string of the molecule is C=CC=C[PH](c1ccccc1)(c1ccccc1)c1ccccc1.Cl.Cl. The van der Waals surface area contributed by atoms with Gasteiger partial charge in [0.05, 0.1) is 0 Å². The fraction of sp³-hybridized carbons (Fsp3) is 0. The van der Waals surface area contributed by atoms with Crippen molar-refractivity contribution in [3.05, 3.63) is 116 Å². The molecule has 0 aliphatic heterocycles. The van der Waals surface area contributed by atoms with Crippen LogP contribution in [0.1, 0.15) is 0 Å². The Kier molecular flexibility index (Phi) is 8.66. The van der Waals surface area contributed by atoms with E-state index in [1.54, 1.807) is 0 Å². The number of hydrogen-bond donors (Lipinski definition) is 0. The summed E-state index contributed by atoms with van der Waals surface area (Å²) >= 11 is 0. The van der Waals surface area contributed by atoms with Gasteiger partial charge in [-0.25, -0.2) is 0 Å². The van der Waals surface area contributed by atoms with Crippen molar-refractivity contribution in [1.82, 2.24) is 0 Å². The molecule has 3 rings (SSSR count). The molecule has 3 aromatic rings. The Morgan fingerprint density at radius 2 is 0.880 bits per heavy atom. The molecule has 0 unspecified atom stereocenters. The number of hydrogen-bond acceptors (Lipinski definition) is 0. The van der Waals surface area contributed by atoms with Crippen molar-refractivity contribution in [2.24, 2.45) is 0 Å². The van der Waals surface area contributed by atoms with Crippen LogP contribution >= 0.6 is 32.1 Å². The van der Waals surface area contributed by atoms with E-state index in [2.05, 4.69) is 109 Å². The van der Waals surface area contributed by atoms with Gasteiger partial charge in [-0.2, -0.15) is 0 Å². The molecule has 130 valence electrons. The van der Waals surface area contributed by atoms with E-state index in [9.17, 15) is 0 Å². The summed E-state index contributed by atoms with van der Waals surface area (Å²) < 4.78 is 0. The van der Waals surface area contributed by atoms with Gasteiger partial charge in [0.15, 0.2) is 0 Å². The third-order valence-electron chi connectivity index (χ3n) is 4.17. The Hall–Kier alpha value is -1.85. The van der Waals surface area contributed by atoms with Gasteiger partial charge in [-0.05, 0) is 0 Å². The molecule has 0 saturated heterocycles. The van der Waals surface area contributed by atoms with Crippen LogP contribution in [0, 0.1) is 0 Å². The molecule has 0 spiro atoms. The van der Waals surface area contributed by atoms with Crippen LogP contribution in [0.15, 0.2) is 116 Å². The molecular formula is C22H23Cl2P. The van der Waals surface area contributed by atoms with E-state index in [-0.39, 0.29) is 24.8 Å². The van der Waals surface area contributed by atoms with Crippen molar-refractivity contribution in [2.45, 2.75) is 0 Å². The Morgan fingerprint density at radius 1 is 0.560 bits per heavy atom. The zero-order valence-electron chi connectivity index (χ0n) is 13.9. The van der Waals surface area contributed by atoms with Gasteiger partial charge in [-0.15, -0.1) is 24.8 Å². The van der Waals surface area contributed by atoms with E-state index in [1.165, 1.54) is 15.9 Å². The summed E-state index contributed by atoms with van der Waals surface area (Å²) in [5.41, 5.74) is 0. The molecule has 0 bridgehead atoms. The minimum absolute atomic E-state index is 0. The standard InChI is InChI=1S/C22H21P.2ClH/c1-2-3-19-23(20-13-7-4-8-14-20,21-15-9-5-10-16-21)22-17-11-6-12-18-22;;/h2-19,23H,1H2;2*1H. The van der Waals surface area contributed by atoms with Crippen LogP contribution in [-0.4, -0.2) is 0 Å². The van der Waals surface area contributed by atoms with Crippen LogP contribution in [0.25, 0.3) is 0 Å². The van der Waals surface area contributed by atoms with Gasteiger partial charge < -0.3 is 0 Å². The zero-order chi connectivity index (χ0) is 16.0. The first-order chi connectivity index (χ1) is 11.4. The predicted octanol–water partition coefficient (Wildman–Crippen LogP) is 5.26. The average Bonchev–Trinajstić information content (AvgIpc) is 2.65. The minimum atomic E-state index is -2.20. The Labute approximate surface area is 163 Å². The van der Waals surface area contributed by atoms with Crippen LogP contribution in [0.2, 0.25) is 0 Å². The van der Waals surface area contributed by atoms with Gasteiger partial charge in [0, 0.05) is 0 Å². The van der Waals surface area contributed by atoms with Gasteiger partial charge in [0.25, 0.3) is 0 Å². The molecule has 25 heavy (non-hydrogen) atoms. The van der Waals surface area contributed by atoms with E-state index in [4.69, 9.17) is 0 Å². The molecule has 3 heteroatoms. The number of allylic oxidation sites excluding steroid dienone is 2. The Bertz CT molecular complexity index is 687. The van der Waals surface area contributed by atoms with E-state index >= 15 is 0 Å². The molecule has 0 aromatic heterocycles. The average molecular weight is 389 g/mol. The minimum Gasteiger partial charge on any atom is -0.147 e. The second kappa shape index (κ2) is 10.2. The van der Waals surface area contributed by atoms with Crippen molar-refractivity contribution in [2.75, 3.05) is 0 Å². The third-order valence-corrected chi connectivity index (χ3v) is 8.59. The van der Waals surface area contributed by atoms with Crippen molar-refractivity contribution in [3.63, 3.8) is 0 Å². The summed E-state index contributed by atoms with van der Waals surface area (Å²) in [6, 6.07) is 32.5. The Balaban J connectivity index is 0.00000156. The van der Waals surface area contributed by atoms with Crippen LogP contribution < -0.4 is 15.9 Å². The maximum absolute atomic E-state index is 3.88. The normalized spacial score (nSPS) is 11.2. The molecule has 0 atom stereocenters. The van der Waals surface area contributed by atoms with E-state index in [1.807, 2.05) is 6.08 Å². The van der Waals surface area contributed by atoms with E-state index in [0.717, 1.165) is 0 Å². The molecule has 0 fully saturated rings. The maximum atomic E-state index is 3.88. The second-order valence-electron chi connectivity index (χ2n) is 5.50. The summed E-state index contributed by atoms with van der Waals surface area (Å²) in [4.78, 5) is 0. The third kappa shape index (κ3) is 4.41. The fourth-order valence-corrected chi connectivity index (χ4v) is 7.26. The van der Waals surface area contributed by atoms with Gasteiger partial charge >= 0.3 is 139 Å². The summed E-state index contributed by atoms with van der Waals surface area (Å²) in [5, 5.41) is 4.15. The van der Waals surface area contributed by atoms with Gasteiger partial charge in [-0.3, -0.25) is 0 Å². The number of rotatable bonds is 5. The van der Waals surface area contributed by atoms with Gasteiger partial charge in [0.1, 0.15) is 0 Å². The molecule has 0 aliphatic carbocycles. The Morgan fingerprint density at radius 3 is 1.16 bits per heavy atom. The van der Waals surface area contributed by atoms with Crippen LogP contribution in [0.5, 0.6) is 0 Å². The fourth-order valence-electron chi connectivity index (χ4n) is 3.10. The molecular weight excluding hydrogens is 366 g/mol. The first-order valence-corrected chi connectivity index (χ1v) is 9.92. The molecule has 3 aromatic carbocycles. The number of halogens is 2.